The summed E-state index contributed by atoms with van der Waals surface area (Å²) in [7, 11) is 1.60. The standard InChI is InChI=1S/C31H35N3O5.2ClH/c1-3-6-22-11-12-27(28(19-22)38-2)39-21-24(35)20-33-15-13-32(14-16-33)17-18-34-30(36)25-9-4-7-23-8-5-10-26(29(23)25)31(34)37;;/h3-5,7-12,19,24,35H,1,6,13-18,20-21H2,2H3;2*1H. The number of benzene rings is 3. The van der Waals surface area contributed by atoms with E-state index < -0.39 is 6.10 Å². The lowest BCUT2D eigenvalue weighted by atomic mass is 9.94. The van der Waals surface area contributed by atoms with Crippen LogP contribution in [0.5, 0.6) is 11.5 Å². The van der Waals surface area contributed by atoms with Gasteiger partial charge in [-0.15, -0.1) is 31.4 Å². The molecule has 8 nitrogen and oxygen atoms in total. The molecular weight excluding hydrogens is 565 g/mol. The SMILES string of the molecule is C=CCc1ccc(OCC(O)CN2CCN(CCN3C(=O)c4cccc5cccc(c45)C3=O)CC2)c(OC)c1.Cl.Cl. The summed E-state index contributed by atoms with van der Waals surface area (Å²) in [6.45, 7) is 8.60. The molecule has 2 aliphatic rings. The molecule has 220 valence electrons. The van der Waals surface area contributed by atoms with Crippen molar-refractivity contribution in [1.82, 2.24) is 14.7 Å². The van der Waals surface area contributed by atoms with E-state index in [2.05, 4.69) is 16.4 Å². The minimum Gasteiger partial charge on any atom is -0.493 e. The number of piperazine rings is 1. The van der Waals surface area contributed by atoms with Crippen LogP contribution < -0.4 is 9.47 Å². The van der Waals surface area contributed by atoms with Gasteiger partial charge >= 0.3 is 0 Å². The molecule has 0 bridgehead atoms. The Labute approximate surface area is 253 Å². The second-order valence-electron chi connectivity index (χ2n) is 10.1. The van der Waals surface area contributed by atoms with Gasteiger partial charge < -0.3 is 14.6 Å². The Morgan fingerprint density at radius 1 is 0.902 bits per heavy atom. The third-order valence-corrected chi connectivity index (χ3v) is 7.47. The zero-order valence-electron chi connectivity index (χ0n) is 23.2. The highest BCUT2D eigenvalue weighted by molar-refractivity contribution is 6.25. The lowest BCUT2D eigenvalue weighted by Gasteiger charge is -2.36. The number of hydrogen-bond donors (Lipinski definition) is 1. The number of nitrogens with zero attached hydrogens (tertiary/aromatic N) is 3. The van der Waals surface area contributed by atoms with Gasteiger partial charge in [0.05, 0.1) is 7.11 Å². The number of carbonyl (C=O) groups is 2. The Morgan fingerprint density at radius 2 is 1.54 bits per heavy atom. The first-order chi connectivity index (χ1) is 19.0. The highest BCUT2D eigenvalue weighted by Gasteiger charge is 2.33. The van der Waals surface area contributed by atoms with Crippen molar-refractivity contribution in [3.63, 3.8) is 0 Å². The van der Waals surface area contributed by atoms with E-state index in [0.717, 1.165) is 48.9 Å². The van der Waals surface area contributed by atoms with Crippen molar-refractivity contribution in [3.05, 3.63) is 83.9 Å². The van der Waals surface area contributed by atoms with Crippen LogP contribution in [0.15, 0.2) is 67.3 Å². The molecule has 1 atom stereocenters. The minimum atomic E-state index is -0.638. The molecule has 1 saturated heterocycles. The molecule has 2 aliphatic heterocycles. The van der Waals surface area contributed by atoms with Crippen molar-refractivity contribution in [2.75, 3.05) is 59.5 Å². The zero-order valence-corrected chi connectivity index (χ0v) is 24.8. The van der Waals surface area contributed by atoms with Gasteiger partial charge in [0.1, 0.15) is 12.7 Å². The molecule has 0 radical (unpaired) electrons. The molecular formula is C31H37Cl2N3O5. The van der Waals surface area contributed by atoms with Crippen LogP contribution in [0.4, 0.5) is 0 Å². The first-order valence-electron chi connectivity index (χ1n) is 13.4. The summed E-state index contributed by atoms with van der Waals surface area (Å²) in [4.78, 5) is 32.1. The number of halogens is 2. The molecule has 1 fully saturated rings. The first-order valence-corrected chi connectivity index (χ1v) is 13.4. The number of aliphatic hydroxyl groups excluding tert-OH is 1. The third kappa shape index (κ3) is 7.20. The van der Waals surface area contributed by atoms with E-state index in [1.54, 1.807) is 19.2 Å². The fourth-order valence-electron chi connectivity index (χ4n) is 5.38. The fraction of sp³-hybridized carbons (Fsp3) is 0.355. The van der Waals surface area contributed by atoms with Gasteiger partial charge in [0, 0.05) is 62.3 Å². The number of methoxy groups -OCH3 is 1. The molecule has 0 aromatic heterocycles. The molecule has 2 amide bonds. The average Bonchev–Trinajstić information content (AvgIpc) is 2.96. The predicted octanol–water partition coefficient (Wildman–Crippen LogP) is 4.07. The summed E-state index contributed by atoms with van der Waals surface area (Å²) in [5.74, 6) is 0.798. The lowest BCUT2D eigenvalue weighted by molar-refractivity contribution is 0.0411. The monoisotopic (exact) mass is 601 g/mol. The summed E-state index contributed by atoms with van der Waals surface area (Å²) in [6.07, 6.45) is 1.95. The van der Waals surface area contributed by atoms with Crippen LogP contribution in [0.1, 0.15) is 26.3 Å². The maximum absolute atomic E-state index is 13.1. The van der Waals surface area contributed by atoms with E-state index in [0.29, 0.717) is 42.3 Å². The zero-order chi connectivity index (χ0) is 27.4. The molecule has 0 saturated carbocycles. The lowest BCUT2D eigenvalue weighted by Crippen LogP contribution is -2.51. The number of carbonyl (C=O) groups excluding carboxylic acids is 2. The van der Waals surface area contributed by atoms with Crippen molar-refractivity contribution in [2.45, 2.75) is 12.5 Å². The molecule has 1 N–H and O–H groups in total. The Hall–Kier alpha value is -3.14. The van der Waals surface area contributed by atoms with Crippen LogP contribution in [-0.2, 0) is 6.42 Å². The van der Waals surface area contributed by atoms with Crippen molar-refractivity contribution in [2.24, 2.45) is 0 Å². The third-order valence-electron chi connectivity index (χ3n) is 7.47. The molecule has 0 aliphatic carbocycles. The molecule has 10 heteroatoms. The average molecular weight is 603 g/mol. The van der Waals surface area contributed by atoms with E-state index >= 15 is 0 Å². The highest BCUT2D eigenvalue weighted by atomic mass is 35.5. The number of imide groups is 1. The minimum absolute atomic E-state index is 0. The number of aliphatic hydroxyl groups is 1. The van der Waals surface area contributed by atoms with E-state index in [1.807, 2.05) is 48.5 Å². The first kappa shape index (κ1) is 32.4. The van der Waals surface area contributed by atoms with E-state index in [4.69, 9.17) is 9.47 Å². The quantitative estimate of drug-likeness (QED) is 0.262. The van der Waals surface area contributed by atoms with Crippen LogP contribution in [0.25, 0.3) is 10.8 Å². The van der Waals surface area contributed by atoms with Gasteiger partial charge in [0.2, 0.25) is 0 Å². The van der Waals surface area contributed by atoms with Crippen molar-refractivity contribution in [1.29, 1.82) is 0 Å². The maximum Gasteiger partial charge on any atom is 0.261 e. The number of hydrogen-bond acceptors (Lipinski definition) is 7. The Kier molecular flexibility index (Phi) is 11.6. The molecule has 5 rings (SSSR count). The smallest absolute Gasteiger partial charge is 0.261 e. The van der Waals surface area contributed by atoms with Crippen LogP contribution in [0.3, 0.4) is 0 Å². The van der Waals surface area contributed by atoms with E-state index in [9.17, 15) is 14.7 Å². The van der Waals surface area contributed by atoms with Crippen LogP contribution in [0, 0.1) is 0 Å². The number of rotatable bonds is 11. The second-order valence-corrected chi connectivity index (χ2v) is 10.1. The fourth-order valence-corrected chi connectivity index (χ4v) is 5.38. The number of β-amino-alcohol motifs (C(OH)–C–C–N with tert-alkyl or cyclic N) is 1. The summed E-state index contributed by atoms with van der Waals surface area (Å²) >= 11 is 0. The summed E-state index contributed by atoms with van der Waals surface area (Å²) in [6, 6.07) is 16.9. The van der Waals surface area contributed by atoms with Gasteiger partial charge in [0.25, 0.3) is 11.8 Å². The largest absolute Gasteiger partial charge is 0.493 e. The summed E-state index contributed by atoms with van der Waals surface area (Å²) in [5.41, 5.74) is 2.27. The van der Waals surface area contributed by atoms with Gasteiger partial charge in [-0.25, -0.2) is 0 Å². The van der Waals surface area contributed by atoms with Crippen LogP contribution in [-0.4, -0.2) is 97.3 Å². The molecule has 3 aromatic rings. The van der Waals surface area contributed by atoms with Crippen molar-refractivity contribution < 1.29 is 24.2 Å². The molecule has 1 unspecified atom stereocenters. The topological polar surface area (TPSA) is 82.6 Å². The van der Waals surface area contributed by atoms with Crippen LogP contribution >= 0.6 is 24.8 Å². The number of allylic oxidation sites excluding steroid dienone is 1. The maximum atomic E-state index is 13.1. The highest BCUT2D eigenvalue weighted by Crippen LogP contribution is 2.30. The Balaban J connectivity index is 0.00000231. The number of ether oxygens (including phenoxy) is 2. The van der Waals surface area contributed by atoms with Gasteiger partial charge in [-0.2, -0.15) is 0 Å². The Bertz CT molecular complexity index is 1330. The predicted molar refractivity (Wildman–Crippen MR) is 165 cm³/mol. The number of amides is 2. The molecule has 2 heterocycles. The van der Waals surface area contributed by atoms with Crippen molar-refractivity contribution in [3.8, 4) is 11.5 Å². The normalized spacial score (nSPS) is 16.1. The summed E-state index contributed by atoms with van der Waals surface area (Å²) < 4.78 is 11.3. The molecule has 41 heavy (non-hydrogen) atoms. The second kappa shape index (κ2) is 14.7. The summed E-state index contributed by atoms with van der Waals surface area (Å²) in [5, 5.41) is 12.3. The molecule has 0 spiro atoms. The van der Waals surface area contributed by atoms with E-state index in [-0.39, 0.29) is 43.2 Å². The van der Waals surface area contributed by atoms with Gasteiger partial charge in [0.15, 0.2) is 11.5 Å². The van der Waals surface area contributed by atoms with Crippen molar-refractivity contribution >= 4 is 47.4 Å². The van der Waals surface area contributed by atoms with Gasteiger partial charge in [-0.05, 0) is 41.6 Å². The van der Waals surface area contributed by atoms with Crippen LogP contribution in [0.2, 0.25) is 0 Å². The molecule has 3 aromatic carbocycles. The van der Waals surface area contributed by atoms with Gasteiger partial charge in [-0.3, -0.25) is 24.3 Å². The van der Waals surface area contributed by atoms with E-state index in [1.165, 1.54) is 4.90 Å². The Morgan fingerprint density at radius 3 is 2.15 bits per heavy atom. The van der Waals surface area contributed by atoms with Gasteiger partial charge in [-0.1, -0.05) is 36.4 Å².